The molecule has 1 heterocycles. The number of hydrogen-bond acceptors (Lipinski definition) is 4. The fraction of sp³-hybridized carbons (Fsp3) is 0.333. The summed E-state index contributed by atoms with van der Waals surface area (Å²) in [5, 5.41) is 2.48. The smallest absolute Gasteiger partial charge is 0.262 e. The van der Waals surface area contributed by atoms with Crippen LogP contribution in [0.25, 0.3) is 0 Å². The van der Waals surface area contributed by atoms with Crippen LogP contribution in [0.3, 0.4) is 0 Å². The Labute approximate surface area is 127 Å². The number of carbonyl (C=O) groups excluding carboxylic acids is 4. The lowest BCUT2D eigenvalue weighted by Gasteiger charge is -2.19. The van der Waals surface area contributed by atoms with E-state index in [4.69, 9.17) is 0 Å². The first-order valence-corrected chi connectivity index (χ1v) is 6.78. The maximum absolute atomic E-state index is 12.1. The van der Waals surface area contributed by atoms with E-state index in [9.17, 15) is 19.2 Å². The summed E-state index contributed by atoms with van der Waals surface area (Å²) in [5.74, 6) is -1.82. The van der Waals surface area contributed by atoms with Gasteiger partial charge in [0.2, 0.25) is 11.8 Å². The van der Waals surface area contributed by atoms with Crippen LogP contribution in [-0.4, -0.2) is 60.1 Å². The van der Waals surface area contributed by atoms with Gasteiger partial charge in [-0.3, -0.25) is 24.1 Å². The van der Waals surface area contributed by atoms with Crippen molar-refractivity contribution < 1.29 is 19.2 Å². The number of carbonyl (C=O) groups is 4. The molecule has 1 aromatic rings. The highest BCUT2D eigenvalue weighted by atomic mass is 16.2. The molecule has 7 heteroatoms. The van der Waals surface area contributed by atoms with Crippen LogP contribution >= 0.6 is 0 Å². The topological polar surface area (TPSA) is 86.8 Å². The Balaban J connectivity index is 2.04. The molecule has 116 valence electrons. The van der Waals surface area contributed by atoms with E-state index < -0.39 is 30.3 Å². The van der Waals surface area contributed by atoms with Gasteiger partial charge in [-0.25, -0.2) is 0 Å². The first-order chi connectivity index (χ1) is 10.3. The molecule has 0 fully saturated rings. The van der Waals surface area contributed by atoms with E-state index >= 15 is 0 Å². The molecule has 4 amide bonds. The minimum absolute atomic E-state index is 0.268. The molecule has 1 aliphatic heterocycles. The van der Waals surface area contributed by atoms with Crippen molar-refractivity contribution in [1.82, 2.24) is 15.1 Å². The lowest BCUT2D eigenvalue weighted by atomic mass is 10.1. The van der Waals surface area contributed by atoms with Gasteiger partial charge in [-0.15, -0.1) is 0 Å². The van der Waals surface area contributed by atoms with Crippen LogP contribution in [0, 0.1) is 0 Å². The van der Waals surface area contributed by atoms with E-state index in [1.54, 1.807) is 45.3 Å². The number of imide groups is 1. The zero-order valence-electron chi connectivity index (χ0n) is 12.6. The average molecular weight is 303 g/mol. The molecule has 1 atom stereocenters. The van der Waals surface area contributed by atoms with Gasteiger partial charge in [0.15, 0.2) is 0 Å². The summed E-state index contributed by atoms with van der Waals surface area (Å²) in [6.45, 7) is 1.14. The quantitative estimate of drug-likeness (QED) is 0.785. The molecular weight excluding hydrogens is 286 g/mol. The molecule has 0 saturated heterocycles. The SMILES string of the molecule is C[C@H](NC(=O)CN1C(=O)c2ccccc2C1=O)C(=O)N(C)C. The second-order valence-corrected chi connectivity index (χ2v) is 5.26. The molecule has 7 nitrogen and oxygen atoms in total. The van der Waals surface area contributed by atoms with Crippen molar-refractivity contribution >= 4 is 23.6 Å². The van der Waals surface area contributed by atoms with Crippen LogP contribution in [0.1, 0.15) is 27.6 Å². The number of rotatable bonds is 4. The van der Waals surface area contributed by atoms with Gasteiger partial charge >= 0.3 is 0 Å². The van der Waals surface area contributed by atoms with Gasteiger partial charge in [0.25, 0.3) is 11.8 Å². The van der Waals surface area contributed by atoms with Crippen molar-refractivity contribution in [2.24, 2.45) is 0 Å². The van der Waals surface area contributed by atoms with Crippen molar-refractivity contribution in [3.63, 3.8) is 0 Å². The molecule has 0 radical (unpaired) electrons. The maximum atomic E-state index is 12.1. The van der Waals surface area contributed by atoms with Crippen molar-refractivity contribution in [1.29, 1.82) is 0 Å². The van der Waals surface area contributed by atoms with E-state index in [2.05, 4.69) is 5.32 Å². The lowest BCUT2D eigenvalue weighted by molar-refractivity contribution is -0.133. The van der Waals surface area contributed by atoms with Gasteiger partial charge in [-0.05, 0) is 19.1 Å². The Morgan fingerprint density at radius 1 is 1.14 bits per heavy atom. The molecule has 1 aromatic carbocycles. The van der Waals surface area contributed by atoms with Gasteiger partial charge in [0, 0.05) is 14.1 Å². The molecule has 0 saturated carbocycles. The minimum atomic E-state index is -0.724. The Morgan fingerprint density at radius 2 is 1.64 bits per heavy atom. The largest absolute Gasteiger partial charge is 0.347 e. The van der Waals surface area contributed by atoms with Crippen LogP contribution in [0.5, 0.6) is 0 Å². The van der Waals surface area contributed by atoms with E-state index in [0.717, 1.165) is 4.90 Å². The Bertz CT molecular complexity index is 619. The van der Waals surface area contributed by atoms with Gasteiger partial charge in [-0.1, -0.05) is 12.1 Å². The van der Waals surface area contributed by atoms with Gasteiger partial charge in [-0.2, -0.15) is 0 Å². The maximum Gasteiger partial charge on any atom is 0.262 e. The van der Waals surface area contributed by atoms with E-state index in [0.29, 0.717) is 0 Å². The summed E-state index contributed by atoms with van der Waals surface area (Å²) < 4.78 is 0. The normalized spacial score (nSPS) is 14.6. The molecule has 1 aliphatic rings. The fourth-order valence-electron chi connectivity index (χ4n) is 2.26. The molecule has 0 spiro atoms. The minimum Gasteiger partial charge on any atom is -0.347 e. The van der Waals surface area contributed by atoms with Crippen molar-refractivity contribution in [2.75, 3.05) is 20.6 Å². The average Bonchev–Trinajstić information content (AvgIpc) is 2.72. The lowest BCUT2D eigenvalue weighted by Crippen LogP contribution is -2.48. The first kappa shape index (κ1) is 15.7. The molecule has 22 heavy (non-hydrogen) atoms. The summed E-state index contributed by atoms with van der Waals surface area (Å²) in [6.07, 6.45) is 0. The molecule has 2 rings (SSSR count). The van der Waals surface area contributed by atoms with Crippen LogP contribution in [0.15, 0.2) is 24.3 Å². The molecule has 0 unspecified atom stereocenters. The first-order valence-electron chi connectivity index (χ1n) is 6.78. The standard InChI is InChI=1S/C15H17N3O4/c1-9(13(20)17(2)3)16-12(19)8-18-14(21)10-6-4-5-7-11(10)15(18)22/h4-7,9H,8H2,1-3H3,(H,16,19)/t9-/m0/s1. The van der Waals surface area contributed by atoms with Crippen molar-refractivity contribution in [3.8, 4) is 0 Å². The number of hydrogen-bond donors (Lipinski definition) is 1. The Morgan fingerprint density at radius 3 is 2.09 bits per heavy atom. The van der Waals surface area contributed by atoms with Crippen molar-refractivity contribution in [3.05, 3.63) is 35.4 Å². The highest BCUT2D eigenvalue weighted by Gasteiger charge is 2.36. The van der Waals surface area contributed by atoms with E-state index in [-0.39, 0.29) is 17.0 Å². The Hall–Kier alpha value is -2.70. The number of amides is 4. The second-order valence-electron chi connectivity index (χ2n) is 5.26. The van der Waals surface area contributed by atoms with Crippen LogP contribution < -0.4 is 5.32 Å². The van der Waals surface area contributed by atoms with Crippen LogP contribution in [0.2, 0.25) is 0 Å². The summed E-state index contributed by atoms with van der Waals surface area (Å²) >= 11 is 0. The zero-order chi connectivity index (χ0) is 16.4. The molecule has 0 bridgehead atoms. The van der Waals surface area contributed by atoms with Gasteiger partial charge in [0.05, 0.1) is 11.1 Å². The highest BCUT2D eigenvalue weighted by Crippen LogP contribution is 2.21. The monoisotopic (exact) mass is 303 g/mol. The summed E-state index contributed by atoms with van der Waals surface area (Å²) in [5.41, 5.74) is 0.579. The molecular formula is C15H17N3O4. The molecule has 0 aromatic heterocycles. The van der Waals surface area contributed by atoms with E-state index in [1.165, 1.54) is 4.90 Å². The molecule has 1 N–H and O–H groups in total. The molecule has 0 aliphatic carbocycles. The van der Waals surface area contributed by atoms with Crippen molar-refractivity contribution in [2.45, 2.75) is 13.0 Å². The Kier molecular flexibility index (Phi) is 4.25. The number of likely N-dealkylation sites (N-methyl/N-ethyl adjacent to an activating group) is 1. The third kappa shape index (κ3) is 2.83. The van der Waals surface area contributed by atoms with Crippen LogP contribution in [-0.2, 0) is 9.59 Å². The highest BCUT2D eigenvalue weighted by molar-refractivity contribution is 6.22. The summed E-state index contributed by atoms with van der Waals surface area (Å²) in [4.78, 5) is 50.1. The predicted molar refractivity (Wildman–Crippen MR) is 78.1 cm³/mol. The van der Waals surface area contributed by atoms with Gasteiger partial charge in [0.1, 0.15) is 12.6 Å². The third-order valence-electron chi connectivity index (χ3n) is 3.37. The number of nitrogens with one attached hydrogen (secondary N) is 1. The van der Waals surface area contributed by atoms with Crippen LogP contribution in [0.4, 0.5) is 0 Å². The number of nitrogens with zero attached hydrogens (tertiary/aromatic N) is 2. The summed E-state index contributed by atoms with van der Waals surface area (Å²) in [7, 11) is 3.16. The predicted octanol–water partition coefficient (Wildman–Crippen LogP) is -0.124. The number of fused-ring (bicyclic) bond motifs is 1. The van der Waals surface area contributed by atoms with E-state index in [1.807, 2.05) is 0 Å². The third-order valence-corrected chi connectivity index (χ3v) is 3.37. The fourth-order valence-corrected chi connectivity index (χ4v) is 2.26. The zero-order valence-corrected chi connectivity index (χ0v) is 12.6. The number of benzene rings is 1. The van der Waals surface area contributed by atoms with Gasteiger partial charge < -0.3 is 10.2 Å². The summed E-state index contributed by atoms with van der Waals surface area (Å²) in [6, 6.07) is 5.69. The second kappa shape index (κ2) is 5.97.